The maximum Gasteiger partial charge on any atom is -0.00205 e. The zero-order valence-corrected chi connectivity index (χ0v) is 9.43. The molecule has 0 aromatic rings. The summed E-state index contributed by atoms with van der Waals surface area (Å²) in [5.74, 6) is 2.12. The van der Waals surface area contributed by atoms with Crippen LogP contribution < -0.4 is 5.32 Å². The second kappa shape index (κ2) is 5.75. The SMILES string of the molecule is C1CCC(CCCNCC2CC2)CC1. The molecule has 0 saturated heterocycles. The van der Waals surface area contributed by atoms with Crippen LogP contribution in [0.1, 0.15) is 57.8 Å². The van der Waals surface area contributed by atoms with Gasteiger partial charge in [0, 0.05) is 0 Å². The molecule has 0 radical (unpaired) electrons. The highest BCUT2D eigenvalue weighted by molar-refractivity contribution is 4.75. The van der Waals surface area contributed by atoms with E-state index in [4.69, 9.17) is 0 Å². The van der Waals surface area contributed by atoms with Gasteiger partial charge in [0.1, 0.15) is 0 Å². The van der Waals surface area contributed by atoms with Gasteiger partial charge in [-0.05, 0) is 50.6 Å². The Morgan fingerprint density at radius 1 is 0.857 bits per heavy atom. The smallest absolute Gasteiger partial charge is 0.00205 e. The molecule has 0 atom stereocenters. The quantitative estimate of drug-likeness (QED) is 0.641. The van der Waals surface area contributed by atoms with Crippen LogP contribution in [0.3, 0.4) is 0 Å². The van der Waals surface area contributed by atoms with E-state index < -0.39 is 0 Å². The molecule has 2 aliphatic carbocycles. The number of rotatable bonds is 6. The minimum Gasteiger partial charge on any atom is -0.316 e. The van der Waals surface area contributed by atoms with Gasteiger partial charge in [-0.15, -0.1) is 0 Å². The molecule has 82 valence electrons. The summed E-state index contributed by atoms with van der Waals surface area (Å²) < 4.78 is 0. The highest BCUT2D eigenvalue weighted by Crippen LogP contribution is 2.28. The molecule has 0 aliphatic heterocycles. The van der Waals surface area contributed by atoms with Gasteiger partial charge in [0.2, 0.25) is 0 Å². The van der Waals surface area contributed by atoms with Gasteiger partial charge in [-0.25, -0.2) is 0 Å². The van der Waals surface area contributed by atoms with Gasteiger partial charge in [-0.2, -0.15) is 0 Å². The van der Waals surface area contributed by atoms with Crippen molar-refractivity contribution in [2.45, 2.75) is 57.8 Å². The predicted octanol–water partition coefficient (Wildman–Crippen LogP) is 3.35. The Labute approximate surface area is 88.7 Å². The number of hydrogen-bond donors (Lipinski definition) is 1. The second-order valence-electron chi connectivity index (χ2n) is 5.29. The average Bonchev–Trinajstić information content (AvgIpc) is 3.03. The van der Waals surface area contributed by atoms with Crippen molar-refractivity contribution < 1.29 is 0 Å². The summed E-state index contributed by atoms with van der Waals surface area (Å²) in [6.07, 6.45) is 13.4. The van der Waals surface area contributed by atoms with Crippen LogP contribution in [-0.2, 0) is 0 Å². The third kappa shape index (κ3) is 4.00. The fourth-order valence-electron chi connectivity index (χ4n) is 2.62. The molecule has 1 nitrogen and oxygen atoms in total. The highest BCUT2D eigenvalue weighted by Gasteiger charge is 2.20. The van der Waals surface area contributed by atoms with Gasteiger partial charge in [0.25, 0.3) is 0 Å². The first-order valence-electron chi connectivity index (χ1n) is 6.66. The van der Waals surface area contributed by atoms with Crippen LogP contribution in [0.4, 0.5) is 0 Å². The standard InChI is InChI=1S/C13H25N/c1-2-5-12(6-3-1)7-4-10-14-11-13-8-9-13/h12-14H,1-11H2. The van der Waals surface area contributed by atoms with E-state index in [9.17, 15) is 0 Å². The summed E-state index contributed by atoms with van der Waals surface area (Å²) in [7, 11) is 0. The van der Waals surface area contributed by atoms with Gasteiger partial charge >= 0.3 is 0 Å². The number of hydrogen-bond acceptors (Lipinski definition) is 1. The van der Waals surface area contributed by atoms with Gasteiger partial charge in [0.05, 0.1) is 0 Å². The Morgan fingerprint density at radius 3 is 2.36 bits per heavy atom. The first-order chi connectivity index (χ1) is 6.95. The number of nitrogens with one attached hydrogen (secondary N) is 1. The van der Waals surface area contributed by atoms with Crippen molar-refractivity contribution in [3.8, 4) is 0 Å². The Morgan fingerprint density at radius 2 is 1.64 bits per heavy atom. The third-order valence-corrected chi connectivity index (χ3v) is 3.82. The first-order valence-corrected chi connectivity index (χ1v) is 6.66. The molecule has 2 rings (SSSR count). The first kappa shape index (κ1) is 10.5. The summed E-state index contributed by atoms with van der Waals surface area (Å²) in [4.78, 5) is 0. The van der Waals surface area contributed by atoms with Crippen molar-refractivity contribution in [1.82, 2.24) is 5.32 Å². The summed E-state index contributed by atoms with van der Waals surface area (Å²) in [6, 6.07) is 0. The predicted molar refractivity (Wildman–Crippen MR) is 61.4 cm³/mol. The Kier molecular flexibility index (Phi) is 4.30. The molecule has 0 aromatic carbocycles. The van der Waals surface area contributed by atoms with Crippen molar-refractivity contribution in [1.29, 1.82) is 0 Å². The summed E-state index contributed by atoms with van der Waals surface area (Å²) >= 11 is 0. The Balaban J connectivity index is 1.41. The lowest BCUT2D eigenvalue weighted by Crippen LogP contribution is -2.19. The molecule has 14 heavy (non-hydrogen) atoms. The maximum absolute atomic E-state index is 3.59. The van der Waals surface area contributed by atoms with Crippen LogP contribution >= 0.6 is 0 Å². The average molecular weight is 195 g/mol. The van der Waals surface area contributed by atoms with Crippen LogP contribution in [0.5, 0.6) is 0 Å². The van der Waals surface area contributed by atoms with Gasteiger partial charge < -0.3 is 5.32 Å². The largest absolute Gasteiger partial charge is 0.316 e. The van der Waals surface area contributed by atoms with Crippen LogP contribution in [-0.4, -0.2) is 13.1 Å². The van der Waals surface area contributed by atoms with Crippen LogP contribution in [0, 0.1) is 11.8 Å². The zero-order valence-electron chi connectivity index (χ0n) is 9.43. The Bertz CT molecular complexity index is 145. The van der Waals surface area contributed by atoms with Crippen LogP contribution in [0.25, 0.3) is 0 Å². The topological polar surface area (TPSA) is 12.0 Å². The molecule has 1 N–H and O–H groups in total. The van der Waals surface area contributed by atoms with Crippen LogP contribution in [0.15, 0.2) is 0 Å². The highest BCUT2D eigenvalue weighted by atomic mass is 14.9. The zero-order chi connectivity index (χ0) is 9.64. The van der Waals surface area contributed by atoms with Gasteiger partial charge in [-0.1, -0.05) is 32.1 Å². The summed E-state index contributed by atoms with van der Waals surface area (Å²) in [6.45, 7) is 2.57. The monoisotopic (exact) mass is 195 g/mol. The van der Waals surface area contributed by atoms with E-state index in [0.29, 0.717) is 0 Å². The molecule has 1 heteroatoms. The minimum atomic E-state index is 1.05. The van der Waals surface area contributed by atoms with E-state index in [-0.39, 0.29) is 0 Å². The molecule has 0 amide bonds. The van der Waals surface area contributed by atoms with Crippen LogP contribution in [0.2, 0.25) is 0 Å². The molecule has 0 spiro atoms. The van der Waals surface area contributed by atoms with Gasteiger partial charge in [-0.3, -0.25) is 0 Å². The second-order valence-corrected chi connectivity index (χ2v) is 5.29. The summed E-state index contributed by atoms with van der Waals surface area (Å²) in [5, 5.41) is 3.59. The molecule has 2 saturated carbocycles. The lowest BCUT2D eigenvalue weighted by molar-refractivity contribution is 0.330. The normalized spacial score (nSPS) is 24.0. The molecule has 0 heterocycles. The molecule has 2 fully saturated rings. The lowest BCUT2D eigenvalue weighted by atomic mass is 9.86. The molecule has 2 aliphatic rings. The Hall–Kier alpha value is -0.0400. The van der Waals surface area contributed by atoms with Crippen molar-refractivity contribution in [3.63, 3.8) is 0 Å². The van der Waals surface area contributed by atoms with Gasteiger partial charge in [0.15, 0.2) is 0 Å². The summed E-state index contributed by atoms with van der Waals surface area (Å²) in [5.41, 5.74) is 0. The lowest BCUT2D eigenvalue weighted by Gasteiger charge is -2.21. The molecular formula is C13H25N. The molecule has 0 bridgehead atoms. The maximum atomic E-state index is 3.59. The van der Waals surface area contributed by atoms with Crippen molar-refractivity contribution in [2.24, 2.45) is 11.8 Å². The van der Waals surface area contributed by atoms with E-state index in [2.05, 4.69) is 5.32 Å². The van der Waals surface area contributed by atoms with Crippen molar-refractivity contribution >= 4 is 0 Å². The van der Waals surface area contributed by atoms with Crippen molar-refractivity contribution in [3.05, 3.63) is 0 Å². The fraction of sp³-hybridized carbons (Fsp3) is 1.00. The molecular weight excluding hydrogens is 170 g/mol. The molecule has 0 unspecified atom stereocenters. The van der Waals surface area contributed by atoms with E-state index in [1.165, 1.54) is 70.9 Å². The van der Waals surface area contributed by atoms with E-state index in [1.54, 1.807) is 0 Å². The minimum absolute atomic E-state index is 1.05. The van der Waals surface area contributed by atoms with Crippen molar-refractivity contribution in [2.75, 3.05) is 13.1 Å². The molecule has 0 aromatic heterocycles. The van der Waals surface area contributed by atoms with E-state index in [1.807, 2.05) is 0 Å². The van der Waals surface area contributed by atoms with E-state index in [0.717, 1.165) is 11.8 Å². The van der Waals surface area contributed by atoms with E-state index >= 15 is 0 Å². The fourth-order valence-corrected chi connectivity index (χ4v) is 2.62. The third-order valence-electron chi connectivity index (χ3n) is 3.82.